The molecule has 2 nitrogen and oxygen atoms in total. The van der Waals surface area contributed by atoms with E-state index in [0.717, 1.165) is 17.1 Å². The predicted octanol–water partition coefficient (Wildman–Crippen LogP) is 5.89. The Hall–Kier alpha value is -2.65. The smallest absolute Gasteiger partial charge is 0.105 e. The van der Waals surface area contributed by atoms with E-state index in [0.29, 0.717) is 0 Å². The van der Waals surface area contributed by atoms with Crippen molar-refractivity contribution in [3.8, 4) is 0 Å². The van der Waals surface area contributed by atoms with Gasteiger partial charge in [-0.25, -0.2) is 0 Å². The molecule has 1 aliphatic rings. The standard InChI is InChI=1S/C24H24N2S/c1-24(2)16-21-19-12-8-7-9-17(19)13-14-20(21)22(26(24)3)15-23(27)25-18-10-5-4-6-11-18/h4-15H,16H2,1-3H3,(H,25,27). The van der Waals surface area contributed by atoms with E-state index in [2.05, 4.69) is 73.6 Å². The highest BCUT2D eigenvalue weighted by Crippen LogP contribution is 2.40. The first-order chi connectivity index (χ1) is 13.0. The number of nitrogens with one attached hydrogen (secondary N) is 1. The fraction of sp³-hybridized carbons (Fsp3) is 0.208. The number of nitrogens with zero attached hydrogens (tertiary/aromatic N) is 1. The number of hydrogen-bond donors (Lipinski definition) is 1. The van der Waals surface area contributed by atoms with Gasteiger partial charge >= 0.3 is 0 Å². The van der Waals surface area contributed by atoms with Gasteiger partial charge in [-0.05, 0) is 54.8 Å². The number of anilines is 1. The van der Waals surface area contributed by atoms with Gasteiger partial charge in [-0.3, -0.25) is 0 Å². The summed E-state index contributed by atoms with van der Waals surface area (Å²) in [4.78, 5) is 3.07. The van der Waals surface area contributed by atoms with Gasteiger partial charge in [-0.2, -0.15) is 0 Å². The quantitative estimate of drug-likeness (QED) is 0.446. The zero-order valence-corrected chi connectivity index (χ0v) is 16.8. The third-order valence-corrected chi connectivity index (χ3v) is 5.72. The average Bonchev–Trinajstić information content (AvgIpc) is 2.66. The number of hydrogen-bond acceptors (Lipinski definition) is 2. The van der Waals surface area contributed by atoms with Crippen LogP contribution in [0.5, 0.6) is 0 Å². The van der Waals surface area contributed by atoms with Crippen LogP contribution in [0.25, 0.3) is 16.5 Å². The molecule has 3 aromatic rings. The molecule has 0 amide bonds. The molecular weight excluding hydrogens is 348 g/mol. The summed E-state index contributed by atoms with van der Waals surface area (Å²) < 4.78 is 0. The van der Waals surface area contributed by atoms with E-state index in [4.69, 9.17) is 12.2 Å². The van der Waals surface area contributed by atoms with Crippen LogP contribution in [0.2, 0.25) is 0 Å². The van der Waals surface area contributed by atoms with Crippen molar-refractivity contribution in [2.24, 2.45) is 0 Å². The lowest BCUT2D eigenvalue weighted by Crippen LogP contribution is -2.45. The molecule has 0 fully saturated rings. The summed E-state index contributed by atoms with van der Waals surface area (Å²) >= 11 is 5.66. The van der Waals surface area contributed by atoms with Gasteiger partial charge in [-0.15, -0.1) is 0 Å². The first-order valence-electron chi connectivity index (χ1n) is 9.28. The van der Waals surface area contributed by atoms with E-state index < -0.39 is 0 Å². The fourth-order valence-corrected chi connectivity index (χ4v) is 4.05. The number of para-hydroxylation sites is 1. The van der Waals surface area contributed by atoms with E-state index in [9.17, 15) is 0 Å². The van der Waals surface area contributed by atoms with Gasteiger partial charge in [0.15, 0.2) is 0 Å². The summed E-state index contributed by atoms with van der Waals surface area (Å²) in [5.74, 6) is 0. The second-order valence-electron chi connectivity index (χ2n) is 7.75. The van der Waals surface area contributed by atoms with Crippen LogP contribution >= 0.6 is 12.2 Å². The van der Waals surface area contributed by atoms with Crippen molar-refractivity contribution >= 4 is 39.4 Å². The number of likely N-dealkylation sites (N-methyl/N-ethyl adjacent to an activating group) is 1. The lowest BCUT2D eigenvalue weighted by atomic mass is 9.81. The Balaban J connectivity index is 1.80. The second-order valence-corrected chi connectivity index (χ2v) is 8.19. The molecule has 3 aromatic carbocycles. The molecule has 3 heteroatoms. The third-order valence-electron chi connectivity index (χ3n) is 5.50. The van der Waals surface area contributed by atoms with Crippen molar-refractivity contribution in [3.05, 3.63) is 83.9 Å². The predicted molar refractivity (Wildman–Crippen MR) is 120 cm³/mol. The van der Waals surface area contributed by atoms with E-state index in [1.54, 1.807) is 0 Å². The highest BCUT2D eigenvalue weighted by Gasteiger charge is 2.34. The van der Waals surface area contributed by atoms with Crippen molar-refractivity contribution in [3.63, 3.8) is 0 Å². The SMILES string of the molecule is CN1C(=CC(=S)Nc2ccccc2)c2ccc3ccccc3c2CC1(C)C. The summed E-state index contributed by atoms with van der Waals surface area (Å²) in [7, 11) is 2.16. The minimum Gasteiger partial charge on any atom is -0.369 e. The Morgan fingerprint density at radius 2 is 1.70 bits per heavy atom. The van der Waals surface area contributed by atoms with E-state index in [1.165, 1.54) is 27.6 Å². The molecule has 4 rings (SSSR count). The zero-order valence-electron chi connectivity index (χ0n) is 16.0. The Bertz CT molecular complexity index is 1030. The summed E-state index contributed by atoms with van der Waals surface area (Å²) in [6, 6.07) is 23.2. The van der Waals surface area contributed by atoms with Crippen molar-refractivity contribution in [1.82, 2.24) is 4.90 Å². The van der Waals surface area contributed by atoms with Crippen LogP contribution in [0.3, 0.4) is 0 Å². The molecule has 1 heterocycles. The average molecular weight is 373 g/mol. The lowest BCUT2D eigenvalue weighted by Gasteiger charge is -2.44. The van der Waals surface area contributed by atoms with Gasteiger partial charge in [0.05, 0.1) is 0 Å². The maximum Gasteiger partial charge on any atom is 0.105 e. The van der Waals surface area contributed by atoms with E-state index in [-0.39, 0.29) is 5.54 Å². The molecule has 0 unspecified atom stereocenters. The Morgan fingerprint density at radius 1 is 1.00 bits per heavy atom. The van der Waals surface area contributed by atoms with Gasteiger partial charge in [0.1, 0.15) is 4.99 Å². The summed E-state index contributed by atoms with van der Waals surface area (Å²) in [6.45, 7) is 4.58. The number of fused-ring (bicyclic) bond motifs is 3. The van der Waals surface area contributed by atoms with Gasteiger partial charge in [-0.1, -0.05) is 66.8 Å². The van der Waals surface area contributed by atoms with Crippen LogP contribution in [-0.2, 0) is 6.42 Å². The second kappa shape index (κ2) is 6.82. The monoisotopic (exact) mass is 372 g/mol. The van der Waals surface area contributed by atoms with Crippen molar-refractivity contribution in [2.45, 2.75) is 25.8 Å². The molecule has 0 saturated carbocycles. The molecule has 1 N–H and O–H groups in total. The van der Waals surface area contributed by atoms with Crippen LogP contribution in [0.15, 0.2) is 72.8 Å². The topological polar surface area (TPSA) is 15.3 Å². The molecule has 1 aliphatic heterocycles. The normalized spacial score (nSPS) is 17.0. The molecular formula is C24H24N2S. The molecule has 0 radical (unpaired) electrons. The Morgan fingerprint density at radius 3 is 2.48 bits per heavy atom. The Labute approximate surface area is 166 Å². The first-order valence-corrected chi connectivity index (χ1v) is 9.69. The van der Waals surface area contributed by atoms with Crippen LogP contribution < -0.4 is 5.32 Å². The molecule has 0 aliphatic carbocycles. The highest BCUT2D eigenvalue weighted by atomic mass is 32.1. The summed E-state index contributed by atoms with van der Waals surface area (Å²) in [5.41, 5.74) is 4.87. The summed E-state index contributed by atoms with van der Waals surface area (Å²) in [6.07, 6.45) is 3.10. The van der Waals surface area contributed by atoms with Crippen molar-refractivity contribution in [2.75, 3.05) is 12.4 Å². The minimum absolute atomic E-state index is 0.0192. The van der Waals surface area contributed by atoms with E-state index >= 15 is 0 Å². The number of rotatable bonds is 2. The molecule has 0 bridgehead atoms. The molecule has 0 aromatic heterocycles. The van der Waals surface area contributed by atoms with Gasteiger partial charge < -0.3 is 10.2 Å². The van der Waals surface area contributed by atoms with Crippen LogP contribution in [0.4, 0.5) is 5.69 Å². The van der Waals surface area contributed by atoms with Crippen molar-refractivity contribution in [1.29, 1.82) is 0 Å². The number of thiocarbonyl (C=S) groups is 1. The molecule has 136 valence electrons. The lowest BCUT2D eigenvalue weighted by molar-refractivity contribution is 0.229. The number of benzene rings is 3. The molecule has 0 saturated heterocycles. The minimum atomic E-state index is 0.0192. The van der Waals surface area contributed by atoms with Gasteiger partial charge in [0.25, 0.3) is 0 Å². The first kappa shape index (κ1) is 17.7. The van der Waals surface area contributed by atoms with Gasteiger partial charge in [0.2, 0.25) is 0 Å². The van der Waals surface area contributed by atoms with Crippen LogP contribution in [0, 0.1) is 0 Å². The molecule has 27 heavy (non-hydrogen) atoms. The summed E-state index contributed by atoms with van der Waals surface area (Å²) in [5, 5.41) is 5.96. The van der Waals surface area contributed by atoms with E-state index in [1.807, 2.05) is 30.3 Å². The molecule has 0 atom stereocenters. The molecule has 0 spiro atoms. The van der Waals surface area contributed by atoms with Crippen molar-refractivity contribution < 1.29 is 0 Å². The van der Waals surface area contributed by atoms with Crippen LogP contribution in [0.1, 0.15) is 25.0 Å². The van der Waals surface area contributed by atoms with Gasteiger partial charge in [0, 0.05) is 29.5 Å². The maximum atomic E-state index is 5.66. The zero-order chi connectivity index (χ0) is 19.0. The largest absolute Gasteiger partial charge is 0.369 e. The maximum absolute atomic E-state index is 5.66. The van der Waals surface area contributed by atoms with Crippen LogP contribution in [-0.4, -0.2) is 22.5 Å². The fourth-order valence-electron chi connectivity index (χ4n) is 3.82. The third kappa shape index (κ3) is 3.35. The Kier molecular flexibility index (Phi) is 4.48. The highest BCUT2D eigenvalue weighted by molar-refractivity contribution is 7.81.